The molecule has 0 unspecified atom stereocenters. The minimum Gasteiger partial charge on any atom is -0.444 e. The summed E-state index contributed by atoms with van der Waals surface area (Å²) in [4.78, 5) is 25.4. The third kappa shape index (κ3) is 3.02. The van der Waals surface area contributed by atoms with Crippen molar-refractivity contribution in [3.8, 4) is 22.6 Å². The zero-order valence-electron chi connectivity index (χ0n) is 16.6. The van der Waals surface area contributed by atoms with Crippen LogP contribution in [0.25, 0.3) is 22.6 Å². The first-order valence-corrected chi connectivity index (χ1v) is 9.69. The van der Waals surface area contributed by atoms with Crippen LogP contribution in [0.1, 0.15) is 21.7 Å². The molecule has 5 rings (SSSR count). The summed E-state index contributed by atoms with van der Waals surface area (Å²) in [5.74, 6) is 1.14. The lowest BCUT2D eigenvalue weighted by molar-refractivity contribution is 0.0926. The van der Waals surface area contributed by atoms with Crippen molar-refractivity contribution in [1.82, 2.24) is 24.8 Å². The summed E-state index contributed by atoms with van der Waals surface area (Å²) in [5.41, 5.74) is 6.18. The van der Waals surface area contributed by atoms with Crippen LogP contribution in [0.15, 0.2) is 53.5 Å². The second-order valence-electron chi connectivity index (χ2n) is 7.18. The Morgan fingerprint density at radius 1 is 1.23 bits per heavy atom. The zero-order chi connectivity index (χ0) is 20.7. The summed E-state index contributed by atoms with van der Waals surface area (Å²) in [7, 11) is 0. The van der Waals surface area contributed by atoms with Gasteiger partial charge >= 0.3 is 0 Å². The molecule has 2 N–H and O–H groups in total. The van der Waals surface area contributed by atoms with E-state index >= 15 is 0 Å². The Bertz CT molecular complexity index is 1240. The van der Waals surface area contributed by atoms with Gasteiger partial charge in [0.25, 0.3) is 5.91 Å². The minimum atomic E-state index is -0.0373. The van der Waals surface area contributed by atoms with Crippen molar-refractivity contribution < 1.29 is 9.21 Å². The van der Waals surface area contributed by atoms with E-state index in [0.29, 0.717) is 23.9 Å². The molecule has 8 nitrogen and oxygen atoms in total. The van der Waals surface area contributed by atoms with Gasteiger partial charge in [-0.1, -0.05) is 12.1 Å². The molecule has 0 saturated heterocycles. The van der Waals surface area contributed by atoms with Crippen LogP contribution in [0.3, 0.4) is 0 Å². The Morgan fingerprint density at radius 2 is 2.13 bits per heavy atom. The molecule has 0 spiro atoms. The van der Waals surface area contributed by atoms with E-state index < -0.39 is 0 Å². The first-order chi connectivity index (χ1) is 14.6. The Labute approximate surface area is 173 Å². The van der Waals surface area contributed by atoms with Crippen molar-refractivity contribution in [2.24, 2.45) is 0 Å². The van der Waals surface area contributed by atoms with E-state index in [1.165, 1.54) is 6.39 Å². The van der Waals surface area contributed by atoms with Gasteiger partial charge in [0.2, 0.25) is 5.95 Å². The maximum atomic E-state index is 12.4. The zero-order valence-corrected chi connectivity index (χ0v) is 16.6. The van der Waals surface area contributed by atoms with Crippen molar-refractivity contribution in [3.63, 3.8) is 0 Å². The lowest BCUT2D eigenvalue weighted by Gasteiger charge is -2.17. The van der Waals surface area contributed by atoms with Crippen LogP contribution in [-0.2, 0) is 6.54 Å². The predicted molar refractivity (Wildman–Crippen MR) is 112 cm³/mol. The summed E-state index contributed by atoms with van der Waals surface area (Å²) in [6.45, 7) is 5.40. The number of oxazole rings is 1. The number of hydrogen-bond acceptors (Lipinski definition) is 6. The average Bonchev–Trinajstić information content (AvgIpc) is 3.37. The van der Waals surface area contributed by atoms with Crippen LogP contribution in [0.4, 0.5) is 11.6 Å². The molecule has 1 amide bonds. The number of aromatic nitrogens is 4. The normalized spacial score (nSPS) is 13.1. The molecular formula is C22H20N6O2. The molecule has 0 bridgehead atoms. The largest absolute Gasteiger partial charge is 0.444 e. The molecule has 8 heteroatoms. The van der Waals surface area contributed by atoms with E-state index in [-0.39, 0.29) is 5.91 Å². The molecule has 4 aromatic rings. The highest BCUT2D eigenvalue weighted by Crippen LogP contribution is 2.32. The standard InChI is InChI=1S/C22H20N6O2/c1-13-19(14(2)28-9-8-24-21(29)20(13)28)17-6-7-25-22(27-17)26-16-5-3-4-15(10-16)18-11-23-12-30-18/h3-7,10-12H,8-9H2,1-2H3,(H,24,29)(H,25,26,27). The Hall–Kier alpha value is -3.94. The average molecular weight is 400 g/mol. The molecule has 1 aliphatic rings. The summed E-state index contributed by atoms with van der Waals surface area (Å²) >= 11 is 0. The van der Waals surface area contributed by atoms with E-state index in [1.807, 2.05) is 44.2 Å². The molecule has 4 heterocycles. The van der Waals surface area contributed by atoms with E-state index in [4.69, 9.17) is 9.40 Å². The maximum absolute atomic E-state index is 12.4. The van der Waals surface area contributed by atoms with Crippen LogP contribution in [-0.4, -0.2) is 32.0 Å². The third-order valence-corrected chi connectivity index (χ3v) is 5.35. The molecule has 0 atom stereocenters. The number of carbonyl (C=O) groups excluding carboxylic acids is 1. The Kier molecular flexibility index (Phi) is 4.31. The van der Waals surface area contributed by atoms with Crippen LogP contribution < -0.4 is 10.6 Å². The van der Waals surface area contributed by atoms with E-state index in [9.17, 15) is 4.79 Å². The molecule has 0 saturated carbocycles. The van der Waals surface area contributed by atoms with Gasteiger partial charge in [-0.15, -0.1) is 0 Å². The van der Waals surface area contributed by atoms with E-state index in [1.54, 1.807) is 12.4 Å². The number of nitrogens with zero attached hydrogens (tertiary/aromatic N) is 4. The number of benzene rings is 1. The fourth-order valence-electron chi connectivity index (χ4n) is 4.01. The Balaban J connectivity index is 1.49. The van der Waals surface area contributed by atoms with Gasteiger partial charge in [-0.25, -0.2) is 15.0 Å². The summed E-state index contributed by atoms with van der Waals surface area (Å²) in [5, 5.41) is 6.17. The van der Waals surface area contributed by atoms with Gasteiger partial charge in [-0.3, -0.25) is 4.79 Å². The first-order valence-electron chi connectivity index (χ1n) is 9.69. The van der Waals surface area contributed by atoms with Gasteiger partial charge < -0.3 is 19.6 Å². The second-order valence-corrected chi connectivity index (χ2v) is 7.18. The van der Waals surface area contributed by atoms with Gasteiger partial charge in [-0.2, -0.15) is 0 Å². The Morgan fingerprint density at radius 3 is 2.93 bits per heavy atom. The van der Waals surface area contributed by atoms with Gasteiger partial charge in [0.05, 0.1) is 11.9 Å². The number of amides is 1. The highest BCUT2D eigenvalue weighted by atomic mass is 16.3. The molecular weight excluding hydrogens is 380 g/mol. The van der Waals surface area contributed by atoms with Crippen molar-refractivity contribution in [3.05, 3.63) is 66.1 Å². The SMILES string of the molecule is Cc1c(-c2ccnc(Nc3cccc(-c4cnco4)c3)n2)c(C)n2c1C(=O)NCC2. The van der Waals surface area contributed by atoms with Crippen LogP contribution >= 0.6 is 0 Å². The first kappa shape index (κ1) is 18.1. The van der Waals surface area contributed by atoms with Crippen LogP contribution in [0, 0.1) is 13.8 Å². The number of rotatable bonds is 4. The lowest BCUT2D eigenvalue weighted by atomic mass is 10.1. The third-order valence-electron chi connectivity index (χ3n) is 5.35. The fraction of sp³-hybridized carbons (Fsp3) is 0.182. The van der Waals surface area contributed by atoms with Crippen molar-refractivity contribution >= 4 is 17.5 Å². The number of hydrogen-bond donors (Lipinski definition) is 2. The van der Waals surface area contributed by atoms with Gasteiger partial charge in [0.1, 0.15) is 5.69 Å². The van der Waals surface area contributed by atoms with Crippen molar-refractivity contribution in [2.45, 2.75) is 20.4 Å². The molecule has 3 aromatic heterocycles. The van der Waals surface area contributed by atoms with Gasteiger partial charge in [0.15, 0.2) is 12.2 Å². The van der Waals surface area contributed by atoms with Crippen LogP contribution in [0.2, 0.25) is 0 Å². The number of nitrogens with one attached hydrogen (secondary N) is 2. The monoisotopic (exact) mass is 400 g/mol. The smallest absolute Gasteiger partial charge is 0.268 e. The molecule has 0 aliphatic carbocycles. The highest BCUT2D eigenvalue weighted by Gasteiger charge is 2.26. The molecule has 1 aliphatic heterocycles. The topological polar surface area (TPSA) is 97.9 Å². The molecule has 1 aromatic carbocycles. The quantitative estimate of drug-likeness (QED) is 0.542. The number of fused-ring (bicyclic) bond motifs is 1. The van der Waals surface area contributed by atoms with E-state index in [2.05, 4.69) is 25.2 Å². The van der Waals surface area contributed by atoms with E-state index in [0.717, 1.165) is 40.3 Å². The molecule has 30 heavy (non-hydrogen) atoms. The van der Waals surface area contributed by atoms with Crippen molar-refractivity contribution in [1.29, 1.82) is 0 Å². The van der Waals surface area contributed by atoms with Gasteiger partial charge in [-0.05, 0) is 37.6 Å². The summed E-state index contributed by atoms with van der Waals surface area (Å²) in [6, 6.07) is 9.64. The minimum absolute atomic E-state index is 0.0373. The van der Waals surface area contributed by atoms with Crippen LogP contribution in [0.5, 0.6) is 0 Å². The molecule has 0 radical (unpaired) electrons. The summed E-state index contributed by atoms with van der Waals surface area (Å²) < 4.78 is 7.44. The molecule has 150 valence electrons. The number of anilines is 2. The van der Waals surface area contributed by atoms with Gasteiger partial charge in [0, 0.05) is 41.8 Å². The highest BCUT2D eigenvalue weighted by molar-refractivity contribution is 5.97. The molecule has 0 fully saturated rings. The summed E-state index contributed by atoms with van der Waals surface area (Å²) in [6.07, 6.45) is 4.80. The maximum Gasteiger partial charge on any atom is 0.268 e. The number of carbonyl (C=O) groups is 1. The van der Waals surface area contributed by atoms with Crippen molar-refractivity contribution in [2.75, 3.05) is 11.9 Å². The lowest BCUT2D eigenvalue weighted by Crippen LogP contribution is -2.35. The predicted octanol–water partition coefficient (Wildman–Crippen LogP) is 3.70. The fourth-order valence-corrected chi connectivity index (χ4v) is 4.01. The second kappa shape index (κ2) is 7.14.